The van der Waals surface area contributed by atoms with Gasteiger partial charge in [0, 0.05) is 29.7 Å². The minimum Gasteiger partial charge on any atom is -0.358 e. The topological polar surface area (TPSA) is 52.2 Å². The van der Waals surface area contributed by atoms with Crippen LogP contribution in [0.2, 0.25) is 0 Å². The van der Waals surface area contributed by atoms with Gasteiger partial charge in [0.1, 0.15) is 0 Å². The highest BCUT2D eigenvalue weighted by molar-refractivity contribution is 5.85. The average molecular weight is 298 g/mol. The van der Waals surface area contributed by atoms with Gasteiger partial charge in [0.25, 0.3) is 0 Å². The maximum Gasteiger partial charge on any atom is 0.191 e. The largest absolute Gasteiger partial charge is 0.358 e. The second-order valence-electron chi connectivity index (χ2n) is 6.27. The molecule has 0 bridgehead atoms. The maximum absolute atomic E-state index is 4.71. The van der Waals surface area contributed by atoms with Gasteiger partial charge in [-0.15, -0.1) is 0 Å². The molecule has 0 radical (unpaired) electrons. The second-order valence-corrected chi connectivity index (χ2v) is 6.27. The fraction of sp³-hybridized carbons (Fsp3) is 0.500. The Balaban J connectivity index is 1.72. The number of rotatable bonds is 5. The monoisotopic (exact) mass is 298 g/mol. The van der Waals surface area contributed by atoms with Crippen molar-refractivity contribution in [2.75, 3.05) is 13.1 Å². The predicted octanol–water partition coefficient (Wildman–Crippen LogP) is 3.25. The number of guanidine groups is 1. The van der Waals surface area contributed by atoms with Crippen LogP contribution in [0.5, 0.6) is 0 Å². The van der Waals surface area contributed by atoms with E-state index in [-0.39, 0.29) is 0 Å². The van der Waals surface area contributed by atoms with Crippen LogP contribution >= 0.6 is 0 Å². The van der Waals surface area contributed by atoms with Crippen molar-refractivity contribution in [2.24, 2.45) is 10.9 Å². The van der Waals surface area contributed by atoms with E-state index in [0.717, 1.165) is 25.0 Å². The molecule has 0 saturated heterocycles. The first-order valence-electron chi connectivity index (χ1n) is 8.27. The molecule has 0 amide bonds. The van der Waals surface area contributed by atoms with Gasteiger partial charge in [0.15, 0.2) is 5.96 Å². The third-order valence-electron chi connectivity index (χ3n) is 4.39. The number of H-pyrrole nitrogens is 1. The summed E-state index contributed by atoms with van der Waals surface area (Å²) in [5, 5.41) is 8.07. The van der Waals surface area contributed by atoms with Gasteiger partial charge in [0.2, 0.25) is 0 Å². The Morgan fingerprint density at radius 3 is 2.82 bits per heavy atom. The third-order valence-corrected chi connectivity index (χ3v) is 4.39. The lowest BCUT2D eigenvalue weighted by atomic mass is 10.1. The van der Waals surface area contributed by atoms with Crippen molar-refractivity contribution in [3.8, 4) is 0 Å². The fourth-order valence-electron chi connectivity index (χ4n) is 2.68. The number of aryl methyl sites for hydroxylation is 2. The lowest BCUT2D eigenvalue weighted by molar-refractivity contribution is 0.739. The van der Waals surface area contributed by atoms with Crippen molar-refractivity contribution in [3.63, 3.8) is 0 Å². The number of hydrogen-bond acceptors (Lipinski definition) is 1. The molecule has 0 aliphatic heterocycles. The van der Waals surface area contributed by atoms with Crippen LogP contribution in [0.1, 0.15) is 36.6 Å². The third kappa shape index (κ3) is 3.43. The van der Waals surface area contributed by atoms with Crippen LogP contribution < -0.4 is 10.6 Å². The molecular formula is C18H26N4. The normalized spacial score (nSPS) is 15.3. The quantitative estimate of drug-likeness (QED) is 0.586. The number of fused-ring (bicyclic) bond motifs is 1. The molecule has 3 N–H and O–H groups in total. The van der Waals surface area contributed by atoms with E-state index in [0.29, 0.717) is 6.54 Å². The Kier molecular flexibility index (Phi) is 4.36. The Labute approximate surface area is 132 Å². The van der Waals surface area contributed by atoms with Crippen LogP contribution in [-0.4, -0.2) is 24.0 Å². The number of hydrogen-bond donors (Lipinski definition) is 3. The molecule has 118 valence electrons. The van der Waals surface area contributed by atoms with E-state index < -0.39 is 0 Å². The molecule has 2 aromatic rings. The highest BCUT2D eigenvalue weighted by atomic mass is 15.2. The van der Waals surface area contributed by atoms with Gasteiger partial charge in [-0.25, -0.2) is 4.99 Å². The molecular weight excluding hydrogens is 272 g/mol. The van der Waals surface area contributed by atoms with Crippen molar-refractivity contribution in [1.29, 1.82) is 0 Å². The van der Waals surface area contributed by atoms with Gasteiger partial charge in [-0.05, 0) is 62.8 Å². The standard InChI is InChI=1S/C18H26N4/c1-4-19-18(20-10-14-5-6-14)21-11-15-7-8-17-16(9-15)12(2)13(3)22-17/h7-9,14,22H,4-6,10-11H2,1-3H3,(H2,19,20,21). The van der Waals surface area contributed by atoms with E-state index in [1.807, 2.05) is 0 Å². The van der Waals surface area contributed by atoms with Crippen LogP contribution in [0.3, 0.4) is 0 Å². The second kappa shape index (κ2) is 6.42. The minimum atomic E-state index is 0.708. The summed E-state index contributed by atoms with van der Waals surface area (Å²) in [5.74, 6) is 1.78. The summed E-state index contributed by atoms with van der Waals surface area (Å²) in [6.45, 7) is 9.04. The van der Waals surface area contributed by atoms with Gasteiger partial charge in [0.05, 0.1) is 6.54 Å². The number of nitrogens with one attached hydrogen (secondary N) is 3. The van der Waals surface area contributed by atoms with Crippen LogP contribution in [0.15, 0.2) is 23.2 Å². The molecule has 4 nitrogen and oxygen atoms in total. The van der Waals surface area contributed by atoms with Crippen molar-refractivity contribution in [2.45, 2.75) is 40.2 Å². The molecule has 0 atom stereocenters. The van der Waals surface area contributed by atoms with E-state index in [4.69, 9.17) is 4.99 Å². The van der Waals surface area contributed by atoms with E-state index in [9.17, 15) is 0 Å². The van der Waals surface area contributed by atoms with Gasteiger partial charge in [-0.2, -0.15) is 0 Å². The molecule has 4 heteroatoms. The van der Waals surface area contributed by atoms with Crippen molar-refractivity contribution in [1.82, 2.24) is 15.6 Å². The number of nitrogens with zero attached hydrogens (tertiary/aromatic N) is 1. The summed E-state index contributed by atoms with van der Waals surface area (Å²) in [6, 6.07) is 6.57. The van der Waals surface area contributed by atoms with Crippen LogP contribution in [0, 0.1) is 19.8 Å². The van der Waals surface area contributed by atoms with Gasteiger partial charge in [-0.3, -0.25) is 0 Å². The highest BCUT2D eigenvalue weighted by Crippen LogP contribution is 2.27. The number of aromatic amines is 1. The first kappa shape index (κ1) is 14.9. The Bertz CT molecular complexity index is 680. The molecule has 1 heterocycles. The molecule has 1 fully saturated rings. The molecule has 0 unspecified atom stereocenters. The smallest absolute Gasteiger partial charge is 0.191 e. The van der Waals surface area contributed by atoms with E-state index in [1.54, 1.807) is 0 Å². The predicted molar refractivity (Wildman–Crippen MR) is 93.3 cm³/mol. The Hall–Kier alpha value is -1.97. The number of aliphatic imine (C=N–C) groups is 1. The summed E-state index contributed by atoms with van der Waals surface area (Å²) in [5.41, 5.74) is 5.04. The van der Waals surface area contributed by atoms with Crippen molar-refractivity contribution >= 4 is 16.9 Å². The Morgan fingerprint density at radius 2 is 2.09 bits per heavy atom. The fourth-order valence-corrected chi connectivity index (χ4v) is 2.68. The summed E-state index contributed by atoms with van der Waals surface area (Å²) < 4.78 is 0. The summed E-state index contributed by atoms with van der Waals surface area (Å²) in [6.07, 6.45) is 2.71. The van der Waals surface area contributed by atoms with E-state index in [2.05, 4.69) is 54.6 Å². The lowest BCUT2D eigenvalue weighted by Gasteiger charge is -2.10. The first-order chi connectivity index (χ1) is 10.7. The summed E-state index contributed by atoms with van der Waals surface area (Å²) >= 11 is 0. The molecule has 0 spiro atoms. The summed E-state index contributed by atoms with van der Waals surface area (Å²) in [4.78, 5) is 8.13. The zero-order valence-corrected chi connectivity index (χ0v) is 13.8. The molecule has 1 aromatic carbocycles. The summed E-state index contributed by atoms with van der Waals surface area (Å²) in [7, 11) is 0. The van der Waals surface area contributed by atoms with Gasteiger partial charge < -0.3 is 15.6 Å². The molecule has 1 aliphatic rings. The Morgan fingerprint density at radius 1 is 1.27 bits per heavy atom. The van der Waals surface area contributed by atoms with E-state index >= 15 is 0 Å². The number of benzene rings is 1. The molecule has 3 rings (SSSR count). The zero-order valence-electron chi connectivity index (χ0n) is 13.8. The van der Waals surface area contributed by atoms with Crippen LogP contribution in [-0.2, 0) is 6.54 Å². The molecule has 1 aromatic heterocycles. The van der Waals surface area contributed by atoms with E-state index in [1.165, 1.54) is 40.6 Å². The molecule has 1 aliphatic carbocycles. The van der Waals surface area contributed by atoms with Crippen molar-refractivity contribution < 1.29 is 0 Å². The average Bonchev–Trinajstić information content (AvgIpc) is 3.30. The van der Waals surface area contributed by atoms with Crippen molar-refractivity contribution in [3.05, 3.63) is 35.0 Å². The lowest BCUT2D eigenvalue weighted by Crippen LogP contribution is -2.38. The maximum atomic E-state index is 4.71. The highest BCUT2D eigenvalue weighted by Gasteiger charge is 2.21. The first-order valence-corrected chi connectivity index (χ1v) is 8.27. The number of aromatic nitrogens is 1. The molecule has 1 saturated carbocycles. The van der Waals surface area contributed by atoms with Gasteiger partial charge in [-0.1, -0.05) is 6.07 Å². The van der Waals surface area contributed by atoms with Crippen LogP contribution in [0.4, 0.5) is 0 Å². The zero-order chi connectivity index (χ0) is 15.5. The van der Waals surface area contributed by atoms with Gasteiger partial charge >= 0.3 is 0 Å². The van der Waals surface area contributed by atoms with Crippen LogP contribution in [0.25, 0.3) is 10.9 Å². The SMILES string of the molecule is CCNC(=NCc1ccc2[nH]c(C)c(C)c2c1)NCC1CC1. The molecule has 22 heavy (non-hydrogen) atoms. The minimum absolute atomic E-state index is 0.708.